The number of nitrogens with zero attached hydrogens (tertiary/aromatic N) is 1. The van der Waals surface area contributed by atoms with Crippen LogP contribution in [-0.4, -0.2) is 12.1 Å². The first-order chi connectivity index (χ1) is 8.79. The zero-order valence-corrected chi connectivity index (χ0v) is 11.1. The van der Waals surface area contributed by atoms with Gasteiger partial charge in [0.2, 0.25) is 0 Å². The van der Waals surface area contributed by atoms with E-state index in [-0.39, 0.29) is 6.10 Å². The van der Waals surface area contributed by atoms with Gasteiger partial charge in [-0.25, -0.2) is 4.98 Å². The van der Waals surface area contributed by atoms with Crippen LogP contribution < -0.4 is 5.73 Å². The van der Waals surface area contributed by atoms with Crippen molar-refractivity contribution in [3.05, 3.63) is 34.7 Å². The maximum absolute atomic E-state index is 5.98. The molecule has 0 radical (unpaired) electrons. The Bertz CT molecular complexity index is 548. The zero-order chi connectivity index (χ0) is 12.5. The SMILES string of the molecule is COC(c1nc(-c2ccccc2N)cs1)C1CC1. The molecule has 1 saturated carbocycles. The maximum Gasteiger partial charge on any atom is 0.122 e. The van der Waals surface area contributed by atoms with Crippen LogP contribution >= 0.6 is 11.3 Å². The number of methoxy groups -OCH3 is 1. The van der Waals surface area contributed by atoms with E-state index in [2.05, 4.69) is 10.4 Å². The Morgan fingerprint density at radius 3 is 2.83 bits per heavy atom. The highest BCUT2D eigenvalue weighted by molar-refractivity contribution is 7.10. The molecule has 1 unspecified atom stereocenters. The van der Waals surface area contributed by atoms with Gasteiger partial charge in [-0.3, -0.25) is 0 Å². The van der Waals surface area contributed by atoms with E-state index in [1.165, 1.54) is 12.8 Å². The Morgan fingerprint density at radius 1 is 1.39 bits per heavy atom. The van der Waals surface area contributed by atoms with Crippen LogP contribution in [-0.2, 0) is 4.74 Å². The fourth-order valence-electron chi connectivity index (χ4n) is 2.17. The van der Waals surface area contributed by atoms with Crippen LogP contribution in [0.25, 0.3) is 11.3 Å². The molecule has 2 N–H and O–H groups in total. The summed E-state index contributed by atoms with van der Waals surface area (Å²) in [4.78, 5) is 4.69. The molecule has 1 aromatic carbocycles. The molecule has 2 aromatic rings. The first kappa shape index (κ1) is 11.7. The summed E-state index contributed by atoms with van der Waals surface area (Å²) in [5.41, 5.74) is 8.71. The van der Waals surface area contributed by atoms with Gasteiger partial charge in [0.25, 0.3) is 0 Å². The summed E-state index contributed by atoms with van der Waals surface area (Å²) in [6, 6.07) is 7.84. The van der Waals surface area contributed by atoms with Gasteiger partial charge in [0, 0.05) is 23.7 Å². The Labute approximate surface area is 111 Å². The zero-order valence-electron chi connectivity index (χ0n) is 10.3. The van der Waals surface area contributed by atoms with E-state index in [1.54, 1.807) is 18.4 Å². The highest BCUT2D eigenvalue weighted by atomic mass is 32.1. The molecule has 1 atom stereocenters. The molecule has 18 heavy (non-hydrogen) atoms. The summed E-state index contributed by atoms with van der Waals surface area (Å²) in [6.07, 6.45) is 2.66. The van der Waals surface area contributed by atoms with Crippen molar-refractivity contribution in [3.63, 3.8) is 0 Å². The summed E-state index contributed by atoms with van der Waals surface area (Å²) in [7, 11) is 1.76. The predicted molar refractivity (Wildman–Crippen MR) is 74.4 cm³/mol. The van der Waals surface area contributed by atoms with Gasteiger partial charge in [-0.1, -0.05) is 18.2 Å². The fraction of sp³-hybridized carbons (Fsp3) is 0.357. The number of nitrogens with two attached hydrogens (primary N) is 1. The molecule has 0 amide bonds. The van der Waals surface area contributed by atoms with E-state index in [1.807, 2.05) is 24.3 Å². The predicted octanol–water partition coefficient (Wildman–Crippen LogP) is 3.49. The molecule has 1 aliphatic rings. The molecular weight excluding hydrogens is 244 g/mol. The number of para-hydroxylation sites is 1. The Morgan fingerprint density at radius 2 is 2.17 bits per heavy atom. The van der Waals surface area contributed by atoms with E-state index < -0.39 is 0 Å². The molecule has 1 heterocycles. The lowest BCUT2D eigenvalue weighted by Gasteiger charge is -2.10. The minimum Gasteiger partial charge on any atom is -0.398 e. The number of thiazole rings is 1. The lowest BCUT2D eigenvalue weighted by molar-refractivity contribution is 0.0844. The maximum atomic E-state index is 5.98. The van der Waals surface area contributed by atoms with Crippen LogP contribution in [0, 0.1) is 5.92 Å². The minimum absolute atomic E-state index is 0.161. The van der Waals surface area contributed by atoms with Gasteiger partial charge in [0.05, 0.1) is 5.69 Å². The molecule has 1 aromatic heterocycles. The lowest BCUT2D eigenvalue weighted by Crippen LogP contribution is -2.03. The second-order valence-electron chi connectivity index (χ2n) is 4.65. The number of rotatable bonds is 4. The smallest absolute Gasteiger partial charge is 0.122 e. The lowest BCUT2D eigenvalue weighted by atomic mass is 10.1. The first-order valence-electron chi connectivity index (χ1n) is 6.12. The molecule has 0 saturated heterocycles. The molecular formula is C14H16N2OS. The van der Waals surface area contributed by atoms with Gasteiger partial charge in [-0.05, 0) is 24.8 Å². The summed E-state index contributed by atoms with van der Waals surface area (Å²) < 4.78 is 5.56. The van der Waals surface area contributed by atoms with Crippen molar-refractivity contribution in [1.29, 1.82) is 0 Å². The quantitative estimate of drug-likeness (QED) is 0.856. The van der Waals surface area contributed by atoms with Gasteiger partial charge in [-0.15, -0.1) is 11.3 Å². The number of hydrogen-bond acceptors (Lipinski definition) is 4. The van der Waals surface area contributed by atoms with Crippen molar-refractivity contribution < 1.29 is 4.74 Å². The third-order valence-corrected chi connectivity index (χ3v) is 4.21. The van der Waals surface area contributed by atoms with Crippen molar-refractivity contribution in [2.45, 2.75) is 18.9 Å². The number of aromatic nitrogens is 1. The topological polar surface area (TPSA) is 48.1 Å². The number of benzene rings is 1. The summed E-state index contributed by atoms with van der Waals surface area (Å²) >= 11 is 1.66. The Kier molecular flexibility index (Phi) is 3.06. The molecule has 3 nitrogen and oxygen atoms in total. The van der Waals surface area contributed by atoms with Crippen molar-refractivity contribution in [2.75, 3.05) is 12.8 Å². The second-order valence-corrected chi connectivity index (χ2v) is 5.54. The summed E-state index contributed by atoms with van der Waals surface area (Å²) in [6.45, 7) is 0. The van der Waals surface area contributed by atoms with Gasteiger partial charge in [0.1, 0.15) is 11.1 Å². The van der Waals surface area contributed by atoms with Crippen molar-refractivity contribution in [3.8, 4) is 11.3 Å². The van der Waals surface area contributed by atoms with Gasteiger partial charge < -0.3 is 10.5 Å². The minimum atomic E-state index is 0.161. The van der Waals surface area contributed by atoms with Crippen molar-refractivity contribution in [2.24, 2.45) is 5.92 Å². The van der Waals surface area contributed by atoms with Crippen LogP contribution in [0.2, 0.25) is 0 Å². The fourth-order valence-corrected chi connectivity index (χ4v) is 3.15. The number of ether oxygens (including phenoxy) is 1. The molecule has 94 valence electrons. The van der Waals surface area contributed by atoms with E-state index in [0.717, 1.165) is 22.0 Å². The van der Waals surface area contributed by atoms with E-state index in [4.69, 9.17) is 10.5 Å². The number of anilines is 1. The standard InChI is InChI=1S/C14H16N2OS/c1-17-13(9-6-7-9)14-16-12(8-18-14)10-4-2-3-5-11(10)15/h2-5,8-9,13H,6-7,15H2,1H3. The van der Waals surface area contributed by atoms with E-state index in [0.29, 0.717) is 5.92 Å². The molecule has 1 fully saturated rings. The molecule has 0 bridgehead atoms. The summed E-state index contributed by atoms with van der Waals surface area (Å²) in [5, 5.41) is 3.13. The van der Waals surface area contributed by atoms with Gasteiger partial charge >= 0.3 is 0 Å². The van der Waals surface area contributed by atoms with E-state index >= 15 is 0 Å². The van der Waals surface area contributed by atoms with Crippen LogP contribution in [0.3, 0.4) is 0 Å². The van der Waals surface area contributed by atoms with Crippen LogP contribution in [0.5, 0.6) is 0 Å². The highest BCUT2D eigenvalue weighted by Crippen LogP contribution is 2.44. The molecule has 3 rings (SSSR count). The third kappa shape index (κ3) is 2.13. The second kappa shape index (κ2) is 4.71. The molecule has 1 aliphatic carbocycles. The molecule has 0 spiro atoms. The Hall–Kier alpha value is -1.39. The summed E-state index contributed by atoms with van der Waals surface area (Å²) in [5.74, 6) is 0.655. The van der Waals surface area contributed by atoms with E-state index in [9.17, 15) is 0 Å². The largest absolute Gasteiger partial charge is 0.398 e. The monoisotopic (exact) mass is 260 g/mol. The first-order valence-corrected chi connectivity index (χ1v) is 7.00. The highest BCUT2D eigenvalue weighted by Gasteiger charge is 2.34. The average molecular weight is 260 g/mol. The Balaban J connectivity index is 1.91. The molecule has 4 heteroatoms. The molecule has 0 aliphatic heterocycles. The van der Waals surface area contributed by atoms with Crippen molar-refractivity contribution >= 4 is 17.0 Å². The van der Waals surface area contributed by atoms with Crippen LogP contribution in [0.1, 0.15) is 24.0 Å². The average Bonchev–Trinajstić information content (AvgIpc) is 3.09. The van der Waals surface area contributed by atoms with Crippen LogP contribution in [0.15, 0.2) is 29.6 Å². The number of nitrogen functional groups attached to an aromatic ring is 1. The third-order valence-electron chi connectivity index (χ3n) is 3.31. The number of hydrogen-bond donors (Lipinski definition) is 1. The van der Waals surface area contributed by atoms with Gasteiger partial charge in [0.15, 0.2) is 0 Å². The normalized spacial score (nSPS) is 16.7. The van der Waals surface area contributed by atoms with Gasteiger partial charge in [-0.2, -0.15) is 0 Å². The van der Waals surface area contributed by atoms with Crippen LogP contribution in [0.4, 0.5) is 5.69 Å². The van der Waals surface area contributed by atoms with Crippen molar-refractivity contribution in [1.82, 2.24) is 4.98 Å².